The van der Waals surface area contributed by atoms with E-state index in [2.05, 4.69) is 22.5 Å². The van der Waals surface area contributed by atoms with Crippen molar-refractivity contribution in [2.75, 3.05) is 13.1 Å². The highest BCUT2D eigenvalue weighted by Crippen LogP contribution is 2.30. The van der Waals surface area contributed by atoms with Crippen molar-refractivity contribution in [2.45, 2.75) is 18.8 Å². The van der Waals surface area contributed by atoms with Crippen LogP contribution in [0.25, 0.3) is 0 Å². The number of nitrogens with zero attached hydrogens (tertiary/aromatic N) is 2. The van der Waals surface area contributed by atoms with Crippen LogP contribution in [-0.4, -0.2) is 28.9 Å². The Kier molecular flexibility index (Phi) is 3.43. The Morgan fingerprint density at radius 2 is 2.39 bits per heavy atom. The molecule has 0 bridgehead atoms. The first-order valence-electron chi connectivity index (χ1n) is 6.02. The van der Waals surface area contributed by atoms with Gasteiger partial charge in [0.1, 0.15) is 5.01 Å². The molecule has 0 aromatic carbocycles. The molecule has 2 aromatic rings. The molecule has 0 N–H and O–H groups in total. The number of thiazole rings is 1. The van der Waals surface area contributed by atoms with Crippen LogP contribution in [0.15, 0.2) is 29.1 Å². The summed E-state index contributed by atoms with van der Waals surface area (Å²) in [6.07, 6.45) is 3.30. The normalized spacial score (nSPS) is 19.3. The molecule has 0 aliphatic carbocycles. The first-order chi connectivity index (χ1) is 8.83. The number of thiophene rings is 1. The monoisotopic (exact) mass is 278 g/mol. The Morgan fingerprint density at radius 3 is 3.11 bits per heavy atom. The van der Waals surface area contributed by atoms with Gasteiger partial charge in [-0.15, -0.1) is 22.7 Å². The molecule has 0 saturated carbocycles. The summed E-state index contributed by atoms with van der Waals surface area (Å²) in [5.74, 6) is 0.745. The Bertz CT molecular complexity index is 507. The van der Waals surface area contributed by atoms with E-state index in [0.717, 1.165) is 24.5 Å². The lowest BCUT2D eigenvalue weighted by Gasteiger charge is -2.15. The van der Waals surface area contributed by atoms with Crippen LogP contribution in [0.1, 0.15) is 22.2 Å². The summed E-state index contributed by atoms with van der Waals surface area (Å²) in [7, 11) is 0. The minimum atomic E-state index is 0.212. The maximum absolute atomic E-state index is 12.1. The fraction of sp³-hybridized carbons (Fsp3) is 0.385. The Hall–Kier alpha value is -1.20. The number of aromatic nitrogens is 1. The van der Waals surface area contributed by atoms with Gasteiger partial charge in [-0.1, -0.05) is 6.07 Å². The van der Waals surface area contributed by atoms with Crippen molar-refractivity contribution in [3.63, 3.8) is 0 Å². The molecule has 0 radical (unpaired) electrons. The second kappa shape index (κ2) is 5.20. The lowest BCUT2D eigenvalue weighted by atomic mass is 10.1. The molecule has 3 heterocycles. The summed E-state index contributed by atoms with van der Waals surface area (Å²) < 4.78 is 0. The third kappa shape index (κ3) is 2.47. The number of rotatable bonds is 3. The van der Waals surface area contributed by atoms with Crippen LogP contribution in [-0.2, 0) is 11.2 Å². The molecule has 1 fully saturated rings. The van der Waals surface area contributed by atoms with Gasteiger partial charge in [0, 0.05) is 35.5 Å². The molecule has 1 atom stereocenters. The predicted octanol–water partition coefficient (Wildman–Crippen LogP) is 2.76. The number of likely N-dealkylation sites (tertiary alicyclic amines) is 1. The van der Waals surface area contributed by atoms with Gasteiger partial charge in [0.05, 0.1) is 6.42 Å². The van der Waals surface area contributed by atoms with Crippen molar-refractivity contribution in [3.8, 4) is 0 Å². The second-order valence-electron chi connectivity index (χ2n) is 4.44. The van der Waals surface area contributed by atoms with Crippen LogP contribution in [0, 0.1) is 0 Å². The first-order valence-corrected chi connectivity index (χ1v) is 7.78. The van der Waals surface area contributed by atoms with E-state index in [1.165, 1.54) is 4.88 Å². The third-order valence-electron chi connectivity index (χ3n) is 3.27. The number of carbonyl (C=O) groups is 1. The molecule has 3 rings (SSSR count). The van der Waals surface area contributed by atoms with Crippen molar-refractivity contribution in [3.05, 3.63) is 39.0 Å². The van der Waals surface area contributed by atoms with Gasteiger partial charge in [0.15, 0.2) is 0 Å². The van der Waals surface area contributed by atoms with Crippen molar-refractivity contribution >= 4 is 28.6 Å². The molecule has 18 heavy (non-hydrogen) atoms. The summed E-state index contributed by atoms with van der Waals surface area (Å²) in [5.41, 5.74) is 0. The lowest BCUT2D eigenvalue weighted by Crippen LogP contribution is -2.29. The topological polar surface area (TPSA) is 33.2 Å². The zero-order chi connectivity index (χ0) is 12.4. The molecule has 3 nitrogen and oxygen atoms in total. The molecule has 1 unspecified atom stereocenters. The highest BCUT2D eigenvalue weighted by molar-refractivity contribution is 7.10. The van der Waals surface area contributed by atoms with Crippen molar-refractivity contribution in [1.82, 2.24) is 9.88 Å². The molecule has 1 amide bonds. The molecular formula is C13H14N2OS2. The Balaban J connectivity index is 1.60. The maximum atomic E-state index is 12.1. The van der Waals surface area contributed by atoms with Gasteiger partial charge >= 0.3 is 0 Å². The Labute approximate surface area is 114 Å². The van der Waals surface area contributed by atoms with Crippen molar-refractivity contribution in [1.29, 1.82) is 0 Å². The minimum Gasteiger partial charge on any atom is -0.342 e. The van der Waals surface area contributed by atoms with E-state index in [1.807, 2.05) is 10.3 Å². The van der Waals surface area contributed by atoms with Gasteiger partial charge in [-0.3, -0.25) is 4.79 Å². The van der Waals surface area contributed by atoms with E-state index in [9.17, 15) is 4.79 Å². The van der Waals surface area contributed by atoms with Gasteiger partial charge in [0.2, 0.25) is 5.91 Å². The zero-order valence-corrected chi connectivity index (χ0v) is 11.5. The number of carbonyl (C=O) groups excluding carboxylic acids is 1. The molecule has 5 heteroatoms. The largest absolute Gasteiger partial charge is 0.342 e. The highest BCUT2D eigenvalue weighted by Gasteiger charge is 2.27. The summed E-state index contributed by atoms with van der Waals surface area (Å²) in [6.45, 7) is 1.75. The van der Waals surface area contributed by atoms with E-state index < -0.39 is 0 Å². The maximum Gasteiger partial charge on any atom is 0.229 e. The van der Waals surface area contributed by atoms with E-state index in [1.54, 1.807) is 28.9 Å². The van der Waals surface area contributed by atoms with Gasteiger partial charge in [-0.2, -0.15) is 0 Å². The standard InChI is InChI=1S/C13H14N2OS2/c16-13(8-12-14-4-7-18-12)15-5-3-10(9-15)11-2-1-6-17-11/h1-2,4,6-7,10H,3,5,8-9H2. The fourth-order valence-electron chi connectivity index (χ4n) is 2.32. The smallest absolute Gasteiger partial charge is 0.229 e. The van der Waals surface area contributed by atoms with Crippen LogP contribution in [0.5, 0.6) is 0 Å². The minimum absolute atomic E-state index is 0.212. The van der Waals surface area contributed by atoms with Crippen LogP contribution < -0.4 is 0 Å². The van der Waals surface area contributed by atoms with Crippen molar-refractivity contribution < 1.29 is 4.79 Å². The lowest BCUT2D eigenvalue weighted by molar-refractivity contribution is -0.129. The van der Waals surface area contributed by atoms with Gasteiger partial charge in [0.25, 0.3) is 0 Å². The predicted molar refractivity (Wildman–Crippen MR) is 74.1 cm³/mol. The van der Waals surface area contributed by atoms with Crippen LogP contribution in [0.2, 0.25) is 0 Å². The number of hydrogen-bond donors (Lipinski definition) is 0. The van der Waals surface area contributed by atoms with Gasteiger partial charge in [-0.05, 0) is 17.9 Å². The number of hydrogen-bond acceptors (Lipinski definition) is 4. The molecule has 0 spiro atoms. The molecule has 2 aromatic heterocycles. The van der Waals surface area contributed by atoms with Crippen molar-refractivity contribution in [2.24, 2.45) is 0 Å². The third-order valence-corrected chi connectivity index (χ3v) is 5.09. The SMILES string of the molecule is O=C(Cc1nccs1)N1CCC(c2cccs2)C1. The zero-order valence-electron chi connectivity index (χ0n) is 9.91. The summed E-state index contributed by atoms with van der Waals surface area (Å²) in [5, 5.41) is 4.94. The van der Waals surface area contributed by atoms with Crippen LogP contribution >= 0.6 is 22.7 Å². The first kappa shape index (κ1) is 11.9. The second-order valence-corrected chi connectivity index (χ2v) is 6.40. The fourth-order valence-corrected chi connectivity index (χ4v) is 3.79. The van der Waals surface area contributed by atoms with Crippen LogP contribution in [0.4, 0.5) is 0 Å². The molecule has 1 aliphatic rings. The Morgan fingerprint density at radius 1 is 1.44 bits per heavy atom. The molecule has 94 valence electrons. The number of amides is 1. The van der Waals surface area contributed by atoms with E-state index in [4.69, 9.17) is 0 Å². The summed E-state index contributed by atoms with van der Waals surface area (Å²) >= 11 is 3.34. The van der Waals surface area contributed by atoms with E-state index in [-0.39, 0.29) is 5.91 Å². The van der Waals surface area contributed by atoms with Crippen LogP contribution in [0.3, 0.4) is 0 Å². The summed E-state index contributed by atoms with van der Waals surface area (Å²) in [6, 6.07) is 4.25. The average molecular weight is 278 g/mol. The van der Waals surface area contributed by atoms with E-state index in [0.29, 0.717) is 12.3 Å². The quantitative estimate of drug-likeness (QED) is 0.865. The van der Waals surface area contributed by atoms with E-state index >= 15 is 0 Å². The summed E-state index contributed by atoms with van der Waals surface area (Å²) in [4.78, 5) is 19.7. The average Bonchev–Trinajstić information content (AvgIpc) is 3.11. The molecule has 1 aliphatic heterocycles. The molecule has 1 saturated heterocycles. The van der Waals surface area contributed by atoms with Gasteiger partial charge < -0.3 is 4.90 Å². The molecular weight excluding hydrogens is 264 g/mol. The van der Waals surface area contributed by atoms with Gasteiger partial charge in [-0.25, -0.2) is 4.98 Å². The highest BCUT2D eigenvalue weighted by atomic mass is 32.1.